The largest absolute Gasteiger partial charge is 0.461 e. The standard InChI is InChI=1S/C17H16BrNO4/c1-2-7-19-13-6-5-11(18)9-12(13)17(22,16(19)21)10-14(20)15-4-3-8-23-15/h3-6,8-9,22H,2,7,10H2,1H3/t17-/m0/s1. The number of carbonyl (C=O) groups is 2. The van der Waals surface area contributed by atoms with Crippen LogP contribution < -0.4 is 4.90 Å². The molecule has 0 bridgehead atoms. The van der Waals surface area contributed by atoms with Crippen LogP contribution in [0.1, 0.15) is 35.9 Å². The maximum Gasteiger partial charge on any atom is 0.264 e. The first kappa shape index (κ1) is 16.0. The molecule has 0 radical (unpaired) electrons. The molecule has 1 aliphatic heterocycles. The van der Waals surface area contributed by atoms with Crippen molar-refractivity contribution in [3.05, 3.63) is 52.4 Å². The van der Waals surface area contributed by atoms with Crippen LogP contribution in [-0.4, -0.2) is 23.3 Å². The van der Waals surface area contributed by atoms with Crippen LogP contribution in [0.4, 0.5) is 5.69 Å². The Morgan fingerprint density at radius 2 is 2.17 bits per heavy atom. The number of benzene rings is 1. The molecule has 3 rings (SSSR count). The molecule has 0 aliphatic carbocycles. The van der Waals surface area contributed by atoms with E-state index in [1.54, 1.807) is 18.2 Å². The van der Waals surface area contributed by atoms with Crippen LogP contribution in [0.15, 0.2) is 45.5 Å². The molecule has 0 unspecified atom stereocenters. The third-order valence-electron chi connectivity index (χ3n) is 3.95. The van der Waals surface area contributed by atoms with E-state index < -0.39 is 17.3 Å². The number of fused-ring (bicyclic) bond motifs is 1. The number of halogens is 1. The van der Waals surface area contributed by atoms with Crippen LogP contribution >= 0.6 is 15.9 Å². The molecule has 0 saturated carbocycles. The average Bonchev–Trinajstić information content (AvgIpc) is 3.11. The number of aliphatic hydroxyl groups is 1. The van der Waals surface area contributed by atoms with Gasteiger partial charge in [0.2, 0.25) is 5.78 Å². The summed E-state index contributed by atoms with van der Waals surface area (Å²) in [5.74, 6) is -0.737. The second kappa shape index (κ2) is 5.94. The van der Waals surface area contributed by atoms with E-state index in [2.05, 4.69) is 15.9 Å². The second-order valence-corrected chi connectivity index (χ2v) is 6.47. The third kappa shape index (κ3) is 2.62. The zero-order chi connectivity index (χ0) is 16.6. The van der Waals surface area contributed by atoms with Crippen molar-refractivity contribution in [1.29, 1.82) is 0 Å². The summed E-state index contributed by atoms with van der Waals surface area (Å²) in [6.45, 7) is 2.45. The van der Waals surface area contributed by atoms with Crippen molar-refractivity contribution in [2.24, 2.45) is 0 Å². The van der Waals surface area contributed by atoms with Gasteiger partial charge in [-0.05, 0) is 36.8 Å². The first-order valence-corrected chi connectivity index (χ1v) is 8.17. The summed E-state index contributed by atoms with van der Waals surface area (Å²) in [7, 11) is 0. The molecule has 0 fully saturated rings. The van der Waals surface area contributed by atoms with Gasteiger partial charge in [-0.15, -0.1) is 0 Å². The fourth-order valence-corrected chi connectivity index (χ4v) is 3.26. The van der Waals surface area contributed by atoms with E-state index in [9.17, 15) is 14.7 Å². The fourth-order valence-electron chi connectivity index (χ4n) is 2.90. The SMILES string of the molecule is CCCN1C(=O)[C@](O)(CC(=O)c2ccco2)c2cc(Br)ccc21. The van der Waals surface area contributed by atoms with Gasteiger partial charge in [-0.2, -0.15) is 0 Å². The minimum absolute atomic E-state index is 0.136. The van der Waals surface area contributed by atoms with Gasteiger partial charge in [0.1, 0.15) is 0 Å². The van der Waals surface area contributed by atoms with Gasteiger partial charge in [-0.25, -0.2) is 0 Å². The normalized spacial score (nSPS) is 20.0. The zero-order valence-corrected chi connectivity index (χ0v) is 14.2. The average molecular weight is 378 g/mol. The van der Waals surface area contributed by atoms with Crippen molar-refractivity contribution in [3.63, 3.8) is 0 Å². The molecule has 23 heavy (non-hydrogen) atoms. The van der Waals surface area contributed by atoms with Gasteiger partial charge in [-0.1, -0.05) is 22.9 Å². The van der Waals surface area contributed by atoms with Crippen molar-refractivity contribution in [2.75, 3.05) is 11.4 Å². The van der Waals surface area contributed by atoms with Gasteiger partial charge in [0.25, 0.3) is 5.91 Å². The van der Waals surface area contributed by atoms with Crippen LogP contribution in [0.25, 0.3) is 0 Å². The number of furan rings is 1. The number of nitrogens with zero attached hydrogens (tertiary/aromatic N) is 1. The molecule has 5 nitrogen and oxygen atoms in total. The Balaban J connectivity index is 2.02. The Labute approximate surface area is 142 Å². The van der Waals surface area contributed by atoms with Gasteiger partial charge < -0.3 is 14.4 Å². The number of amides is 1. The Bertz CT molecular complexity index is 756. The number of carbonyl (C=O) groups excluding carboxylic acids is 2. The first-order chi connectivity index (χ1) is 11.0. The van der Waals surface area contributed by atoms with E-state index in [1.165, 1.54) is 17.2 Å². The lowest BCUT2D eigenvalue weighted by Crippen LogP contribution is -2.42. The summed E-state index contributed by atoms with van der Waals surface area (Å²) >= 11 is 3.36. The number of rotatable bonds is 5. The topological polar surface area (TPSA) is 70.8 Å². The maximum absolute atomic E-state index is 12.8. The van der Waals surface area contributed by atoms with E-state index in [1.807, 2.05) is 13.0 Å². The fraction of sp³-hybridized carbons (Fsp3) is 0.294. The summed E-state index contributed by atoms with van der Waals surface area (Å²) in [5, 5.41) is 11.0. The monoisotopic (exact) mass is 377 g/mol. The number of hydrogen-bond donors (Lipinski definition) is 1. The van der Waals surface area contributed by atoms with Crippen LogP contribution in [0.3, 0.4) is 0 Å². The zero-order valence-electron chi connectivity index (χ0n) is 12.6. The number of Topliss-reactive ketones (excluding diaryl/α,β-unsaturated/α-hetero) is 1. The van der Waals surface area contributed by atoms with Crippen molar-refractivity contribution >= 4 is 33.3 Å². The van der Waals surface area contributed by atoms with Crippen LogP contribution in [-0.2, 0) is 10.4 Å². The molecule has 120 valence electrons. The van der Waals surface area contributed by atoms with Crippen molar-refractivity contribution in [3.8, 4) is 0 Å². The van der Waals surface area contributed by atoms with Gasteiger partial charge in [0.15, 0.2) is 11.4 Å². The van der Waals surface area contributed by atoms with E-state index >= 15 is 0 Å². The highest BCUT2D eigenvalue weighted by Crippen LogP contribution is 2.44. The van der Waals surface area contributed by atoms with E-state index in [-0.39, 0.29) is 12.2 Å². The molecular weight excluding hydrogens is 362 g/mol. The van der Waals surface area contributed by atoms with E-state index in [0.717, 1.165) is 10.9 Å². The number of anilines is 1. The summed E-state index contributed by atoms with van der Waals surface area (Å²) in [5.41, 5.74) is -0.766. The number of ketones is 1. The molecule has 2 heterocycles. The van der Waals surface area contributed by atoms with Gasteiger partial charge in [0, 0.05) is 16.6 Å². The van der Waals surface area contributed by atoms with Crippen LogP contribution in [0, 0.1) is 0 Å². The molecule has 1 amide bonds. The highest BCUT2D eigenvalue weighted by atomic mass is 79.9. The van der Waals surface area contributed by atoms with Crippen molar-refractivity contribution < 1.29 is 19.1 Å². The maximum atomic E-state index is 12.8. The Hall–Kier alpha value is -1.92. The van der Waals surface area contributed by atoms with Gasteiger partial charge in [-0.3, -0.25) is 9.59 Å². The minimum Gasteiger partial charge on any atom is -0.461 e. The Kier molecular flexibility index (Phi) is 4.12. The number of hydrogen-bond acceptors (Lipinski definition) is 4. The molecular formula is C17H16BrNO4. The van der Waals surface area contributed by atoms with Crippen molar-refractivity contribution in [1.82, 2.24) is 0 Å². The predicted octanol–water partition coefficient (Wildman–Crippen LogP) is 3.26. The smallest absolute Gasteiger partial charge is 0.264 e. The molecule has 1 aromatic heterocycles. The Morgan fingerprint density at radius 3 is 2.83 bits per heavy atom. The summed E-state index contributed by atoms with van der Waals surface area (Å²) in [6.07, 6.45) is 1.80. The molecule has 1 aliphatic rings. The predicted molar refractivity (Wildman–Crippen MR) is 88.3 cm³/mol. The van der Waals surface area contributed by atoms with Gasteiger partial charge >= 0.3 is 0 Å². The minimum atomic E-state index is -1.86. The lowest BCUT2D eigenvalue weighted by molar-refractivity contribution is -0.135. The lowest BCUT2D eigenvalue weighted by Gasteiger charge is -2.22. The molecule has 2 aromatic rings. The summed E-state index contributed by atoms with van der Waals surface area (Å²) in [4.78, 5) is 26.6. The van der Waals surface area contributed by atoms with Crippen LogP contribution in [0.5, 0.6) is 0 Å². The second-order valence-electron chi connectivity index (χ2n) is 5.56. The van der Waals surface area contributed by atoms with Crippen molar-refractivity contribution in [2.45, 2.75) is 25.4 Å². The Morgan fingerprint density at radius 1 is 1.39 bits per heavy atom. The molecule has 0 spiro atoms. The third-order valence-corrected chi connectivity index (χ3v) is 4.45. The molecule has 1 N–H and O–H groups in total. The highest BCUT2D eigenvalue weighted by Gasteiger charge is 2.51. The van der Waals surface area contributed by atoms with E-state index in [0.29, 0.717) is 17.8 Å². The van der Waals surface area contributed by atoms with Gasteiger partial charge in [0.05, 0.1) is 18.4 Å². The lowest BCUT2D eigenvalue weighted by atomic mass is 9.89. The highest BCUT2D eigenvalue weighted by molar-refractivity contribution is 9.10. The summed E-state index contributed by atoms with van der Waals surface area (Å²) in [6, 6.07) is 8.41. The molecule has 1 aromatic carbocycles. The molecule has 1 atom stereocenters. The molecule has 0 saturated heterocycles. The van der Waals surface area contributed by atoms with E-state index in [4.69, 9.17) is 4.42 Å². The first-order valence-electron chi connectivity index (χ1n) is 7.38. The quantitative estimate of drug-likeness (QED) is 0.811. The van der Waals surface area contributed by atoms with Crippen LogP contribution in [0.2, 0.25) is 0 Å². The molecule has 6 heteroatoms. The summed E-state index contributed by atoms with van der Waals surface area (Å²) < 4.78 is 5.82.